The molecule has 0 aliphatic rings. The number of hydrogen-bond donors (Lipinski definition) is 1. The molecule has 1 N–H and O–H groups in total. The average molecular weight is 399 g/mol. The Bertz CT molecular complexity index is 620. The number of amides is 1. The molecular weight excluding hydrogens is 389 g/mol. The molecule has 11 heteroatoms. The molecule has 0 aliphatic carbocycles. The third-order valence-electron chi connectivity index (χ3n) is 1.98. The highest BCUT2D eigenvalue weighted by atomic mass is 35.6. The molecule has 124 valence electrons. The molecule has 0 fully saturated rings. The van der Waals surface area contributed by atoms with Gasteiger partial charge in [-0.05, 0) is 0 Å². The molecule has 0 aliphatic heterocycles. The van der Waals surface area contributed by atoms with E-state index in [0.717, 1.165) is 0 Å². The average Bonchev–Trinajstić information content (AvgIpc) is 2.99. The molecule has 0 spiro atoms. The number of benzene rings is 1. The number of rotatable bonds is 3. The van der Waals surface area contributed by atoms with Crippen LogP contribution in [0.1, 0.15) is 0 Å². The fourth-order valence-electron chi connectivity index (χ4n) is 1.11. The molecule has 1 amide bonds. The lowest BCUT2D eigenvalue weighted by Gasteiger charge is -2.10. The molecule has 1 aromatic carbocycles. The van der Waals surface area contributed by atoms with Gasteiger partial charge in [0.15, 0.2) is 5.13 Å². The molecular formula is C12H10Cl3N3O4S. The van der Waals surface area contributed by atoms with Crippen LogP contribution >= 0.6 is 46.1 Å². The van der Waals surface area contributed by atoms with Crippen molar-refractivity contribution in [2.75, 3.05) is 11.9 Å². The fraction of sp³-hybridized carbons (Fsp3) is 0.167. The molecule has 0 radical (unpaired) electrons. The van der Waals surface area contributed by atoms with Gasteiger partial charge in [-0.3, -0.25) is 15.4 Å². The topological polar surface area (TPSA) is 94.4 Å². The van der Waals surface area contributed by atoms with Gasteiger partial charge in [-0.2, -0.15) is 0 Å². The first-order valence-electron chi connectivity index (χ1n) is 5.87. The van der Waals surface area contributed by atoms with Crippen LogP contribution < -0.4 is 5.32 Å². The third-order valence-corrected chi connectivity index (χ3v) is 2.99. The van der Waals surface area contributed by atoms with Gasteiger partial charge in [0, 0.05) is 23.7 Å². The number of carbonyl (C=O) groups is 1. The van der Waals surface area contributed by atoms with Crippen molar-refractivity contribution >= 4 is 63.1 Å². The summed E-state index contributed by atoms with van der Waals surface area (Å²) in [6.07, 6.45) is 0.848. The van der Waals surface area contributed by atoms with E-state index >= 15 is 0 Å². The van der Waals surface area contributed by atoms with Crippen LogP contribution in [0.15, 0.2) is 41.9 Å². The summed E-state index contributed by atoms with van der Waals surface area (Å²) in [6.45, 7) is -0.311. The van der Waals surface area contributed by atoms with Gasteiger partial charge >= 0.3 is 6.09 Å². The molecule has 7 nitrogen and oxygen atoms in total. The second-order valence-electron chi connectivity index (χ2n) is 3.75. The number of carbonyl (C=O) groups excluding carboxylic acids is 1. The van der Waals surface area contributed by atoms with Crippen molar-refractivity contribution in [1.82, 2.24) is 4.98 Å². The standard InChI is InChI=1S/C6H5Cl3N2O2S.C6H5NO2/c7-6(8,9)3-13-5(12)11-4-10-1-2-14-4;8-7(9)6-4-2-1-3-5-6/h1-2H,3H2,(H,10,11,12);1-5H. The van der Waals surface area contributed by atoms with Crippen molar-refractivity contribution in [1.29, 1.82) is 0 Å². The van der Waals surface area contributed by atoms with E-state index in [0.29, 0.717) is 5.13 Å². The van der Waals surface area contributed by atoms with Crippen LogP contribution in [-0.4, -0.2) is 26.4 Å². The summed E-state index contributed by atoms with van der Waals surface area (Å²) in [6, 6.07) is 7.93. The van der Waals surface area contributed by atoms with Crippen LogP contribution in [-0.2, 0) is 4.74 Å². The van der Waals surface area contributed by atoms with Crippen molar-refractivity contribution in [3.05, 3.63) is 52.0 Å². The quantitative estimate of drug-likeness (QED) is 0.461. The van der Waals surface area contributed by atoms with Gasteiger partial charge in [0.25, 0.3) is 5.69 Å². The van der Waals surface area contributed by atoms with Gasteiger partial charge in [0.2, 0.25) is 3.79 Å². The minimum atomic E-state index is -1.60. The van der Waals surface area contributed by atoms with Gasteiger partial charge in [0.1, 0.15) is 6.61 Å². The van der Waals surface area contributed by atoms with Crippen molar-refractivity contribution < 1.29 is 14.5 Å². The minimum Gasteiger partial charge on any atom is -0.445 e. The maximum atomic E-state index is 11.0. The zero-order chi connectivity index (χ0) is 17.3. The number of aromatic nitrogens is 1. The number of nitrogens with zero attached hydrogens (tertiary/aromatic N) is 2. The number of anilines is 1. The van der Waals surface area contributed by atoms with E-state index in [1.165, 1.54) is 23.5 Å². The Morgan fingerprint density at radius 2 is 2.00 bits per heavy atom. The van der Waals surface area contributed by atoms with Crippen LogP contribution in [0.3, 0.4) is 0 Å². The smallest absolute Gasteiger partial charge is 0.413 e. The van der Waals surface area contributed by atoms with Crippen LogP contribution in [0.2, 0.25) is 0 Å². The van der Waals surface area contributed by atoms with Crippen LogP contribution in [0.4, 0.5) is 15.6 Å². The summed E-state index contributed by atoms with van der Waals surface area (Å²) in [7, 11) is 0. The Labute approximate surface area is 150 Å². The van der Waals surface area contributed by atoms with E-state index in [2.05, 4.69) is 15.0 Å². The van der Waals surface area contributed by atoms with Gasteiger partial charge in [-0.1, -0.05) is 53.0 Å². The molecule has 0 unspecified atom stereocenters. The Morgan fingerprint density at radius 1 is 1.35 bits per heavy atom. The lowest BCUT2D eigenvalue weighted by molar-refractivity contribution is -0.384. The Hall–Kier alpha value is -1.61. The second kappa shape index (κ2) is 9.51. The number of hydrogen-bond acceptors (Lipinski definition) is 6. The molecule has 0 saturated carbocycles. The summed E-state index contributed by atoms with van der Waals surface area (Å²) < 4.78 is 3.00. The van der Waals surface area contributed by atoms with Crippen molar-refractivity contribution in [2.24, 2.45) is 0 Å². The highest BCUT2D eigenvalue weighted by molar-refractivity contribution is 7.13. The zero-order valence-corrected chi connectivity index (χ0v) is 14.4. The van der Waals surface area contributed by atoms with E-state index in [-0.39, 0.29) is 12.3 Å². The third kappa shape index (κ3) is 9.19. The van der Waals surface area contributed by atoms with E-state index < -0.39 is 14.8 Å². The molecule has 2 rings (SSSR count). The first-order chi connectivity index (χ1) is 10.8. The van der Waals surface area contributed by atoms with Crippen molar-refractivity contribution in [3.63, 3.8) is 0 Å². The monoisotopic (exact) mass is 397 g/mol. The highest BCUT2D eigenvalue weighted by Crippen LogP contribution is 2.26. The van der Waals surface area contributed by atoms with Crippen LogP contribution in [0.5, 0.6) is 0 Å². The second-order valence-corrected chi connectivity index (χ2v) is 7.16. The predicted octanol–water partition coefficient (Wildman–Crippen LogP) is 4.66. The molecule has 1 aromatic heterocycles. The van der Waals surface area contributed by atoms with Gasteiger partial charge in [-0.15, -0.1) is 11.3 Å². The number of ether oxygens (including phenoxy) is 1. The number of nitro benzene ring substituents is 1. The minimum absolute atomic E-state index is 0.137. The zero-order valence-electron chi connectivity index (χ0n) is 11.3. The molecule has 23 heavy (non-hydrogen) atoms. The largest absolute Gasteiger partial charge is 0.445 e. The van der Waals surface area contributed by atoms with Crippen LogP contribution in [0.25, 0.3) is 0 Å². The number of alkyl halides is 3. The van der Waals surface area contributed by atoms with E-state index in [1.54, 1.807) is 29.8 Å². The maximum absolute atomic E-state index is 11.0. The lowest BCUT2D eigenvalue weighted by atomic mass is 10.3. The van der Waals surface area contributed by atoms with E-state index in [4.69, 9.17) is 34.8 Å². The number of nitrogens with one attached hydrogen (secondary N) is 1. The number of nitro groups is 1. The van der Waals surface area contributed by atoms with Gasteiger partial charge < -0.3 is 4.74 Å². The normalized spacial score (nSPS) is 10.2. The molecule has 0 bridgehead atoms. The molecule has 0 saturated heterocycles. The van der Waals surface area contributed by atoms with Gasteiger partial charge in [-0.25, -0.2) is 9.78 Å². The number of halogens is 3. The fourth-order valence-corrected chi connectivity index (χ4v) is 1.78. The summed E-state index contributed by atoms with van der Waals surface area (Å²) in [5.74, 6) is 0. The summed E-state index contributed by atoms with van der Waals surface area (Å²) >= 11 is 17.4. The predicted molar refractivity (Wildman–Crippen MR) is 90.5 cm³/mol. The first-order valence-corrected chi connectivity index (χ1v) is 7.89. The van der Waals surface area contributed by atoms with Gasteiger partial charge in [0.05, 0.1) is 4.92 Å². The van der Waals surface area contributed by atoms with E-state index in [1.807, 2.05) is 0 Å². The van der Waals surface area contributed by atoms with Crippen molar-refractivity contribution in [2.45, 2.75) is 3.79 Å². The summed E-state index contributed by atoms with van der Waals surface area (Å²) in [5, 5.41) is 14.5. The Morgan fingerprint density at radius 3 is 2.43 bits per heavy atom. The Balaban J connectivity index is 0.000000253. The summed E-state index contributed by atoms with van der Waals surface area (Å²) in [5.41, 5.74) is 0.137. The SMILES string of the molecule is O=C(Nc1nccs1)OCC(Cl)(Cl)Cl.O=[N+]([O-])c1ccccc1. The molecule has 1 heterocycles. The first kappa shape index (κ1) is 19.4. The molecule has 0 atom stereocenters. The number of non-ortho nitro benzene ring substituents is 1. The van der Waals surface area contributed by atoms with Crippen LogP contribution in [0, 0.1) is 10.1 Å². The molecule has 2 aromatic rings. The summed E-state index contributed by atoms with van der Waals surface area (Å²) in [4.78, 5) is 24.4. The van der Waals surface area contributed by atoms with Crippen molar-refractivity contribution in [3.8, 4) is 0 Å². The maximum Gasteiger partial charge on any atom is 0.413 e. The highest BCUT2D eigenvalue weighted by Gasteiger charge is 2.22. The number of para-hydroxylation sites is 1. The Kier molecular flexibility index (Phi) is 8.04. The lowest BCUT2D eigenvalue weighted by Crippen LogP contribution is -2.21. The number of thiazole rings is 1. The van der Waals surface area contributed by atoms with E-state index in [9.17, 15) is 14.9 Å².